The maximum absolute atomic E-state index is 12.9. The van der Waals surface area contributed by atoms with Crippen LogP contribution in [-0.4, -0.2) is 16.1 Å². The largest absolute Gasteiger partial charge is 0.455 e. The molecule has 4 rings (SSSR count). The summed E-state index contributed by atoms with van der Waals surface area (Å²) >= 11 is 1.32. The Balaban J connectivity index is 1.84. The Morgan fingerprint density at radius 2 is 1.89 bits per heavy atom. The molecule has 4 aromatic rings. The number of rotatable bonds is 4. The number of carbonyl (C=O) groups is 1. The van der Waals surface area contributed by atoms with Gasteiger partial charge in [0, 0.05) is 11.1 Å². The molecule has 7 heteroatoms. The predicted octanol–water partition coefficient (Wildman–Crippen LogP) is 4.43. The number of para-hydroxylation sites is 1. The average Bonchev–Trinajstić information content (AvgIpc) is 3.18. The van der Waals surface area contributed by atoms with Crippen LogP contribution in [0.5, 0.6) is 0 Å². The van der Waals surface area contributed by atoms with E-state index >= 15 is 0 Å². The smallest absolute Gasteiger partial charge is 0.261 e. The zero-order valence-electron chi connectivity index (χ0n) is 15.4. The minimum atomic E-state index is -0.393. The van der Waals surface area contributed by atoms with Crippen molar-refractivity contribution >= 4 is 33.3 Å². The van der Waals surface area contributed by atoms with E-state index in [2.05, 4.69) is 15.5 Å². The predicted molar refractivity (Wildman–Crippen MR) is 110 cm³/mol. The van der Waals surface area contributed by atoms with Gasteiger partial charge in [-0.1, -0.05) is 54.7 Å². The number of nitrogens with one attached hydrogen (secondary N) is 1. The molecule has 0 spiro atoms. The summed E-state index contributed by atoms with van der Waals surface area (Å²) in [5.74, 6) is 0.0675. The van der Waals surface area contributed by atoms with Crippen molar-refractivity contribution < 1.29 is 9.21 Å². The van der Waals surface area contributed by atoms with Crippen molar-refractivity contribution in [2.75, 3.05) is 5.32 Å². The number of aryl methyl sites for hydroxylation is 1. The maximum Gasteiger partial charge on any atom is 0.261 e. The molecule has 1 amide bonds. The van der Waals surface area contributed by atoms with Crippen LogP contribution in [0.4, 0.5) is 5.13 Å². The molecule has 0 radical (unpaired) electrons. The first-order chi connectivity index (χ1) is 13.6. The third kappa shape index (κ3) is 3.20. The normalized spacial score (nSPS) is 10.9. The molecule has 0 saturated carbocycles. The summed E-state index contributed by atoms with van der Waals surface area (Å²) in [6.07, 6.45) is 0.746. The van der Waals surface area contributed by atoms with Crippen LogP contribution >= 0.6 is 11.3 Å². The minimum absolute atomic E-state index is 0.154. The molecular formula is C21H17N3O3S. The number of carbonyl (C=O) groups excluding carboxylic acids is 1. The Bertz CT molecular complexity index is 1230. The van der Waals surface area contributed by atoms with E-state index in [1.165, 1.54) is 11.3 Å². The Labute approximate surface area is 164 Å². The van der Waals surface area contributed by atoms with Crippen LogP contribution in [0.3, 0.4) is 0 Å². The summed E-state index contributed by atoms with van der Waals surface area (Å²) in [6.45, 7) is 3.70. The van der Waals surface area contributed by atoms with Gasteiger partial charge in [0.25, 0.3) is 5.91 Å². The number of nitrogens with zero attached hydrogens (tertiary/aromatic N) is 2. The van der Waals surface area contributed by atoms with Gasteiger partial charge < -0.3 is 4.42 Å². The fourth-order valence-electron chi connectivity index (χ4n) is 2.96. The van der Waals surface area contributed by atoms with Crippen LogP contribution in [0.15, 0.2) is 57.7 Å². The minimum Gasteiger partial charge on any atom is -0.455 e. The van der Waals surface area contributed by atoms with Crippen LogP contribution < -0.4 is 10.7 Å². The monoisotopic (exact) mass is 391 g/mol. The van der Waals surface area contributed by atoms with E-state index in [1.807, 2.05) is 37.3 Å². The van der Waals surface area contributed by atoms with Gasteiger partial charge in [0.2, 0.25) is 5.13 Å². The molecule has 2 aromatic heterocycles. The second-order valence-corrected chi connectivity index (χ2v) is 7.30. The summed E-state index contributed by atoms with van der Waals surface area (Å²) in [6, 6.07) is 14.3. The molecule has 0 bridgehead atoms. The zero-order chi connectivity index (χ0) is 19.7. The molecule has 0 aliphatic carbocycles. The van der Waals surface area contributed by atoms with Crippen LogP contribution in [0.1, 0.15) is 27.9 Å². The van der Waals surface area contributed by atoms with Gasteiger partial charge in [0.1, 0.15) is 10.8 Å². The maximum atomic E-state index is 12.9. The number of hydrogen-bond acceptors (Lipinski definition) is 6. The van der Waals surface area contributed by atoms with Crippen LogP contribution in [0.25, 0.3) is 22.3 Å². The number of aromatic nitrogens is 2. The Morgan fingerprint density at radius 1 is 1.11 bits per heavy atom. The van der Waals surface area contributed by atoms with Gasteiger partial charge in [-0.15, -0.1) is 10.2 Å². The second kappa shape index (κ2) is 7.36. The van der Waals surface area contributed by atoms with Crippen LogP contribution in [0, 0.1) is 6.92 Å². The van der Waals surface area contributed by atoms with Crippen molar-refractivity contribution in [1.29, 1.82) is 0 Å². The van der Waals surface area contributed by atoms with Gasteiger partial charge in [-0.05, 0) is 25.5 Å². The fourth-order valence-corrected chi connectivity index (χ4v) is 3.64. The summed E-state index contributed by atoms with van der Waals surface area (Å²) in [4.78, 5) is 25.7. The highest BCUT2D eigenvalue weighted by atomic mass is 32.1. The molecule has 0 aliphatic rings. The van der Waals surface area contributed by atoms with Crippen molar-refractivity contribution in [1.82, 2.24) is 10.2 Å². The lowest BCUT2D eigenvalue weighted by Crippen LogP contribution is -2.14. The second-order valence-electron chi connectivity index (χ2n) is 6.24. The summed E-state index contributed by atoms with van der Waals surface area (Å²) in [5.41, 5.74) is 1.67. The van der Waals surface area contributed by atoms with Gasteiger partial charge in [-0.2, -0.15) is 0 Å². The lowest BCUT2D eigenvalue weighted by Gasteiger charge is -2.10. The van der Waals surface area contributed by atoms with Crippen LogP contribution in [0.2, 0.25) is 0 Å². The number of hydrogen-bond donors (Lipinski definition) is 1. The third-order valence-electron chi connectivity index (χ3n) is 4.42. The van der Waals surface area contributed by atoms with E-state index in [-0.39, 0.29) is 16.6 Å². The molecule has 0 aliphatic heterocycles. The molecule has 6 nitrogen and oxygen atoms in total. The Kier molecular flexibility index (Phi) is 4.75. The van der Waals surface area contributed by atoms with Crippen molar-refractivity contribution in [2.24, 2.45) is 0 Å². The molecule has 0 saturated heterocycles. The van der Waals surface area contributed by atoms with Gasteiger partial charge >= 0.3 is 0 Å². The van der Waals surface area contributed by atoms with E-state index in [9.17, 15) is 9.59 Å². The lowest BCUT2D eigenvalue weighted by molar-refractivity contribution is 0.102. The van der Waals surface area contributed by atoms with Crippen molar-refractivity contribution in [3.63, 3.8) is 0 Å². The van der Waals surface area contributed by atoms with E-state index in [0.29, 0.717) is 21.8 Å². The van der Waals surface area contributed by atoms with Crippen molar-refractivity contribution in [3.05, 3.63) is 74.9 Å². The zero-order valence-corrected chi connectivity index (χ0v) is 16.2. The third-order valence-corrected chi connectivity index (χ3v) is 5.40. The van der Waals surface area contributed by atoms with E-state index in [1.54, 1.807) is 25.1 Å². The van der Waals surface area contributed by atoms with E-state index < -0.39 is 5.91 Å². The number of benzene rings is 2. The topological polar surface area (TPSA) is 85.1 Å². The first-order valence-electron chi connectivity index (χ1n) is 8.84. The number of fused-ring (bicyclic) bond motifs is 1. The van der Waals surface area contributed by atoms with Crippen molar-refractivity contribution in [3.8, 4) is 11.3 Å². The SMILES string of the molecule is CCc1nnc(NC(=O)c2cccc3c(=O)c(C)c(-c4ccccc4)oc23)s1. The lowest BCUT2D eigenvalue weighted by atomic mass is 10.0. The standard InChI is InChI=1S/C21H17N3O3S/c1-3-16-23-24-21(28-16)22-20(26)15-11-7-10-14-17(25)12(2)18(27-19(14)15)13-8-5-4-6-9-13/h4-11H,3H2,1-2H3,(H,22,24,26). The molecule has 0 fully saturated rings. The molecule has 1 N–H and O–H groups in total. The average molecular weight is 391 g/mol. The molecule has 28 heavy (non-hydrogen) atoms. The molecule has 140 valence electrons. The molecule has 0 atom stereocenters. The van der Waals surface area contributed by atoms with Gasteiger partial charge in [0.15, 0.2) is 11.0 Å². The van der Waals surface area contributed by atoms with Crippen molar-refractivity contribution in [2.45, 2.75) is 20.3 Å². The van der Waals surface area contributed by atoms with Crippen LogP contribution in [-0.2, 0) is 6.42 Å². The quantitative estimate of drug-likeness (QED) is 0.556. The molecular weight excluding hydrogens is 374 g/mol. The summed E-state index contributed by atoms with van der Waals surface area (Å²) in [5, 5.41) is 12.3. The Morgan fingerprint density at radius 3 is 2.61 bits per heavy atom. The van der Waals surface area contributed by atoms with Gasteiger partial charge in [-0.25, -0.2) is 0 Å². The number of anilines is 1. The van der Waals surface area contributed by atoms with Gasteiger partial charge in [-0.3, -0.25) is 14.9 Å². The highest BCUT2D eigenvalue weighted by Crippen LogP contribution is 2.28. The van der Waals surface area contributed by atoms with Gasteiger partial charge in [0.05, 0.1) is 10.9 Å². The first-order valence-corrected chi connectivity index (χ1v) is 9.65. The summed E-state index contributed by atoms with van der Waals surface area (Å²) in [7, 11) is 0. The van der Waals surface area contributed by atoms with E-state index in [0.717, 1.165) is 17.0 Å². The molecule has 2 heterocycles. The number of amides is 1. The Hall–Kier alpha value is -3.32. The summed E-state index contributed by atoms with van der Waals surface area (Å²) < 4.78 is 6.08. The molecule has 0 unspecified atom stereocenters. The highest BCUT2D eigenvalue weighted by Gasteiger charge is 2.19. The first kappa shape index (κ1) is 18.1. The molecule has 2 aromatic carbocycles. The van der Waals surface area contributed by atoms with E-state index in [4.69, 9.17) is 4.42 Å². The highest BCUT2D eigenvalue weighted by molar-refractivity contribution is 7.15. The fraction of sp³-hybridized carbons (Fsp3) is 0.143.